The van der Waals surface area contributed by atoms with Gasteiger partial charge >= 0.3 is 0 Å². The largest absolute Gasteiger partial charge is 0.295 e. The molecule has 0 aliphatic heterocycles. The number of rotatable bonds is 5. The summed E-state index contributed by atoms with van der Waals surface area (Å²) < 4.78 is 0. The standard InChI is InChI=1S/C17H26BrN/c1-14-8-9-16(12-15(14)2)13-19(11-10-18)17-6-4-3-5-7-17/h8-9,12,17H,3-7,10-11,13H2,1-2H3. The first-order valence-electron chi connectivity index (χ1n) is 7.57. The van der Waals surface area contributed by atoms with E-state index in [9.17, 15) is 0 Å². The Morgan fingerprint density at radius 3 is 2.47 bits per heavy atom. The first-order chi connectivity index (χ1) is 9.20. The van der Waals surface area contributed by atoms with Crippen LogP contribution in [0.15, 0.2) is 18.2 Å². The van der Waals surface area contributed by atoms with Gasteiger partial charge in [0.1, 0.15) is 0 Å². The molecule has 0 unspecified atom stereocenters. The van der Waals surface area contributed by atoms with Gasteiger partial charge in [-0.2, -0.15) is 0 Å². The normalized spacial score (nSPS) is 17.1. The fourth-order valence-corrected chi connectivity index (χ4v) is 3.54. The third kappa shape index (κ3) is 4.32. The van der Waals surface area contributed by atoms with Crippen molar-refractivity contribution in [1.82, 2.24) is 4.90 Å². The molecule has 106 valence electrons. The van der Waals surface area contributed by atoms with E-state index in [-0.39, 0.29) is 0 Å². The molecule has 2 rings (SSSR count). The molecule has 1 aromatic carbocycles. The average Bonchev–Trinajstić information content (AvgIpc) is 2.43. The van der Waals surface area contributed by atoms with Crippen LogP contribution >= 0.6 is 15.9 Å². The summed E-state index contributed by atoms with van der Waals surface area (Å²) in [6.07, 6.45) is 7.03. The number of nitrogens with zero attached hydrogens (tertiary/aromatic N) is 1. The summed E-state index contributed by atoms with van der Waals surface area (Å²) in [6, 6.07) is 7.72. The number of benzene rings is 1. The van der Waals surface area contributed by atoms with Crippen LogP contribution < -0.4 is 0 Å². The molecular formula is C17H26BrN. The van der Waals surface area contributed by atoms with E-state index in [1.165, 1.54) is 48.8 Å². The van der Waals surface area contributed by atoms with Gasteiger partial charge in [0.15, 0.2) is 0 Å². The van der Waals surface area contributed by atoms with Gasteiger partial charge in [0.2, 0.25) is 0 Å². The summed E-state index contributed by atoms with van der Waals surface area (Å²) >= 11 is 3.61. The number of hydrogen-bond donors (Lipinski definition) is 0. The van der Waals surface area contributed by atoms with Gasteiger partial charge in [-0.1, -0.05) is 53.4 Å². The van der Waals surface area contributed by atoms with Crippen molar-refractivity contribution in [2.75, 3.05) is 11.9 Å². The lowest BCUT2D eigenvalue weighted by atomic mass is 9.93. The average molecular weight is 324 g/mol. The van der Waals surface area contributed by atoms with Gasteiger partial charge < -0.3 is 0 Å². The molecule has 2 heteroatoms. The molecule has 1 nitrogen and oxygen atoms in total. The van der Waals surface area contributed by atoms with Crippen LogP contribution in [0.25, 0.3) is 0 Å². The molecule has 0 saturated heterocycles. The zero-order valence-corrected chi connectivity index (χ0v) is 13.9. The lowest BCUT2D eigenvalue weighted by molar-refractivity contribution is 0.158. The van der Waals surface area contributed by atoms with Crippen LogP contribution in [0.5, 0.6) is 0 Å². The van der Waals surface area contributed by atoms with Crippen molar-refractivity contribution in [1.29, 1.82) is 0 Å². The van der Waals surface area contributed by atoms with E-state index in [1.54, 1.807) is 0 Å². The number of aryl methyl sites for hydroxylation is 2. The maximum atomic E-state index is 3.61. The Balaban J connectivity index is 2.04. The number of halogens is 1. The van der Waals surface area contributed by atoms with Crippen molar-refractivity contribution in [2.45, 2.75) is 58.5 Å². The highest BCUT2D eigenvalue weighted by molar-refractivity contribution is 9.09. The smallest absolute Gasteiger partial charge is 0.0237 e. The zero-order valence-electron chi connectivity index (χ0n) is 12.3. The van der Waals surface area contributed by atoms with Crippen LogP contribution in [-0.4, -0.2) is 22.8 Å². The summed E-state index contributed by atoms with van der Waals surface area (Å²) in [5, 5.41) is 1.08. The molecule has 1 aliphatic carbocycles. The van der Waals surface area contributed by atoms with Crippen LogP contribution in [0.2, 0.25) is 0 Å². The summed E-state index contributed by atoms with van der Waals surface area (Å²) in [5.41, 5.74) is 4.28. The number of hydrogen-bond acceptors (Lipinski definition) is 1. The second-order valence-electron chi connectivity index (χ2n) is 5.87. The molecule has 0 aromatic heterocycles. The van der Waals surface area contributed by atoms with Gasteiger partial charge in [0.25, 0.3) is 0 Å². The molecule has 0 bridgehead atoms. The summed E-state index contributed by atoms with van der Waals surface area (Å²) in [4.78, 5) is 2.68. The lowest BCUT2D eigenvalue weighted by Gasteiger charge is -2.34. The minimum Gasteiger partial charge on any atom is -0.295 e. The van der Waals surface area contributed by atoms with E-state index in [4.69, 9.17) is 0 Å². The fourth-order valence-electron chi connectivity index (χ4n) is 3.08. The first-order valence-corrected chi connectivity index (χ1v) is 8.69. The highest BCUT2D eigenvalue weighted by Crippen LogP contribution is 2.24. The molecule has 0 atom stereocenters. The molecule has 1 saturated carbocycles. The predicted octanol–water partition coefficient (Wildman–Crippen LogP) is 4.83. The van der Waals surface area contributed by atoms with E-state index in [0.717, 1.165) is 24.5 Å². The third-order valence-corrected chi connectivity index (χ3v) is 4.77. The lowest BCUT2D eigenvalue weighted by Crippen LogP contribution is -2.37. The van der Waals surface area contributed by atoms with Crippen LogP contribution in [0.1, 0.15) is 48.8 Å². The van der Waals surface area contributed by atoms with Gasteiger partial charge in [0.05, 0.1) is 0 Å². The SMILES string of the molecule is Cc1ccc(CN(CCBr)C2CCCCC2)cc1C. The van der Waals surface area contributed by atoms with E-state index in [2.05, 4.69) is 52.9 Å². The van der Waals surface area contributed by atoms with Crippen molar-refractivity contribution in [3.63, 3.8) is 0 Å². The molecule has 0 N–H and O–H groups in total. The predicted molar refractivity (Wildman–Crippen MR) is 87.0 cm³/mol. The maximum absolute atomic E-state index is 3.61. The Morgan fingerprint density at radius 1 is 1.11 bits per heavy atom. The third-order valence-electron chi connectivity index (χ3n) is 4.42. The molecular weight excluding hydrogens is 298 g/mol. The second kappa shape index (κ2) is 7.44. The monoisotopic (exact) mass is 323 g/mol. The van der Waals surface area contributed by atoms with Gasteiger partial charge in [-0.05, 0) is 43.4 Å². The molecule has 0 heterocycles. The Labute approximate surface area is 126 Å². The van der Waals surface area contributed by atoms with Crippen molar-refractivity contribution >= 4 is 15.9 Å². The Morgan fingerprint density at radius 2 is 1.84 bits per heavy atom. The van der Waals surface area contributed by atoms with Gasteiger partial charge in [-0.15, -0.1) is 0 Å². The summed E-state index contributed by atoms with van der Waals surface area (Å²) in [7, 11) is 0. The van der Waals surface area contributed by atoms with Crippen LogP contribution in [0.3, 0.4) is 0 Å². The zero-order chi connectivity index (χ0) is 13.7. The van der Waals surface area contributed by atoms with Gasteiger partial charge in [-0.25, -0.2) is 0 Å². The van der Waals surface area contributed by atoms with Crippen LogP contribution in [-0.2, 0) is 6.54 Å². The van der Waals surface area contributed by atoms with Crippen LogP contribution in [0.4, 0.5) is 0 Å². The van der Waals surface area contributed by atoms with Crippen LogP contribution in [0, 0.1) is 13.8 Å². The summed E-state index contributed by atoms with van der Waals surface area (Å²) in [6.45, 7) is 6.68. The van der Waals surface area contributed by atoms with E-state index >= 15 is 0 Å². The fraction of sp³-hybridized carbons (Fsp3) is 0.647. The Bertz CT molecular complexity index is 396. The molecule has 0 spiro atoms. The molecule has 0 amide bonds. The minimum atomic E-state index is 0.799. The van der Waals surface area contributed by atoms with Crippen molar-refractivity contribution < 1.29 is 0 Å². The van der Waals surface area contributed by atoms with E-state index < -0.39 is 0 Å². The Hall–Kier alpha value is -0.340. The van der Waals surface area contributed by atoms with E-state index in [0.29, 0.717) is 0 Å². The van der Waals surface area contributed by atoms with Gasteiger partial charge in [0, 0.05) is 24.5 Å². The molecule has 0 radical (unpaired) electrons. The van der Waals surface area contributed by atoms with Gasteiger partial charge in [-0.3, -0.25) is 4.90 Å². The highest BCUT2D eigenvalue weighted by Gasteiger charge is 2.20. The quantitative estimate of drug-likeness (QED) is 0.701. The molecule has 1 aliphatic rings. The maximum Gasteiger partial charge on any atom is 0.0237 e. The second-order valence-corrected chi connectivity index (χ2v) is 6.66. The molecule has 1 aromatic rings. The minimum absolute atomic E-state index is 0.799. The van der Waals surface area contributed by atoms with Crippen molar-refractivity contribution in [3.05, 3.63) is 34.9 Å². The number of alkyl halides is 1. The first kappa shape index (κ1) is 15.1. The molecule has 19 heavy (non-hydrogen) atoms. The Kier molecular flexibility index (Phi) is 5.90. The van der Waals surface area contributed by atoms with Crippen molar-refractivity contribution in [2.24, 2.45) is 0 Å². The molecule has 1 fully saturated rings. The highest BCUT2D eigenvalue weighted by atomic mass is 79.9. The van der Waals surface area contributed by atoms with E-state index in [1.807, 2.05) is 0 Å². The summed E-state index contributed by atoms with van der Waals surface area (Å²) in [5.74, 6) is 0. The topological polar surface area (TPSA) is 3.24 Å². The van der Waals surface area contributed by atoms with Crippen molar-refractivity contribution in [3.8, 4) is 0 Å².